The average molecular weight is 538 g/mol. The van der Waals surface area contributed by atoms with Gasteiger partial charge in [-0.2, -0.15) is 0 Å². The van der Waals surface area contributed by atoms with Gasteiger partial charge in [-0.15, -0.1) is 0 Å². The second-order valence-electron chi connectivity index (χ2n) is 8.78. The molecule has 0 aromatic heterocycles. The Labute approximate surface area is 219 Å². The topological polar surface area (TPSA) is 96.0 Å². The van der Waals surface area contributed by atoms with E-state index in [1.807, 2.05) is 26.0 Å². The molecule has 0 unspecified atom stereocenters. The van der Waals surface area contributed by atoms with Crippen LogP contribution in [0.5, 0.6) is 5.75 Å². The Balaban J connectivity index is 2.17. The Kier molecular flexibility index (Phi) is 11.0. The average Bonchev–Trinajstić information content (AvgIpc) is 2.84. The first kappa shape index (κ1) is 29.5. The Morgan fingerprint density at radius 1 is 1.06 bits per heavy atom. The number of carbonyl (C=O) groups excluding carboxylic acids is 2. The van der Waals surface area contributed by atoms with Crippen molar-refractivity contribution in [3.8, 4) is 5.75 Å². The first-order valence-electron chi connectivity index (χ1n) is 11.9. The van der Waals surface area contributed by atoms with E-state index >= 15 is 0 Å². The van der Waals surface area contributed by atoms with Crippen molar-refractivity contribution in [2.24, 2.45) is 0 Å². The smallest absolute Gasteiger partial charge is 0.242 e. The minimum absolute atomic E-state index is 0.0133. The van der Waals surface area contributed by atoms with Gasteiger partial charge in [0.05, 0.1) is 19.1 Å². The van der Waals surface area contributed by atoms with Crippen molar-refractivity contribution in [1.82, 2.24) is 10.2 Å². The van der Waals surface area contributed by atoms with Gasteiger partial charge >= 0.3 is 0 Å². The number of hydrogen-bond donors (Lipinski definition) is 1. The molecule has 2 aromatic carbocycles. The zero-order valence-electron chi connectivity index (χ0n) is 21.5. The lowest BCUT2D eigenvalue weighted by molar-refractivity contribution is -0.140. The quantitative estimate of drug-likeness (QED) is 0.412. The number of amides is 2. The molecule has 198 valence electrons. The molecule has 2 aromatic rings. The monoisotopic (exact) mass is 537 g/mol. The van der Waals surface area contributed by atoms with Gasteiger partial charge in [0.2, 0.25) is 21.8 Å². The number of sulfonamides is 1. The fourth-order valence-electron chi connectivity index (χ4n) is 3.59. The van der Waals surface area contributed by atoms with Crippen LogP contribution in [0, 0.1) is 0 Å². The van der Waals surface area contributed by atoms with Crippen LogP contribution in [0.4, 0.5) is 5.69 Å². The van der Waals surface area contributed by atoms with Crippen LogP contribution >= 0.6 is 11.6 Å². The maximum absolute atomic E-state index is 13.3. The minimum atomic E-state index is -3.56. The van der Waals surface area contributed by atoms with E-state index in [2.05, 4.69) is 5.32 Å². The SMILES string of the molecule is CC[C@H](C)NC(=O)[C@H](C)N(Cc1ccc(OC)cc1)C(=O)CCCN(c1ccc(Cl)cc1)S(C)(=O)=O. The fourth-order valence-corrected chi connectivity index (χ4v) is 4.68. The lowest BCUT2D eigenvalue weighted by Gasteiger charge is -2.30. The lowest BCUT2D eigenvalue weighted by Crippen LogP contribution is -2.49. The molecule has 0 saturated carbocycles. The summed E-state index contributed by atoms with van der Waals surface area (Å²) in [5, 5.41) is 3.44. The molecule has 0 radical (unpaired) electrons. The molecule has 0 spiro atoms. The highest BCUT2D eigenvalue weighted by Gasteiger charge is 2.27. The third kappa shape index (κ3) is 8.71. The number of nitrogens with zero attached hydrogens (tertiary/aromatic N) is 2. The Hall–Kier alpha value is -2.78. The van der Waals surface area contributed by atoms with E-state index in [9.17, 15) is 18.0 Å². The van der Waals surface area contributed by atoms with Crippen molar-refractivity contribution < 1.29 is 22.7 Å². The molecule has 36 heavy (non-hydrogen) atoms. The van der Waals surface area contributed by atoms with Crippen molar-refractivity contribution in [3.63, 3.8) is 0 Å². The van der Waals surface area contributed by atoms with E-state index in [0.717, 1.165) is 18.2 Å². The fraction of sp³-hybridized carbons (Fsp3) is 0.462. The van der Waals surface area contributed by atoms with Gasteiger partial charge in [-0.1, -0.05) is 30.7 Å². The number of methoxy groups -OCH3 is 1. The molecule has 1 N–H and O–H groups in total. The van der Waals surface area contributed by atoms with Crippen molar-refractivity contribution in [1.29, 1.82) is 0 Å². The van der Waals surface area contributed by atoms with Crippen LogP contribution in [-0.4, -0.2) is 57.1 Å². The summed E-state index contributed by atoms with van der Waals surface area (Å²) >= 11 is 5.93. The summed E-state index contributed by atoms with van der Waals surface area (Å²) < 4.78 is 31.2. The van der Waals surface area contributed by atoms with E-state index in [-0.39, 0.29) is 43.8 Å². The van der Waals surface area contributed by atoms with E-state index in [1.165, 1.54) is 9.21 Å². The number of halogens is 1. The third-order valence-electron chi connectivity index (χ3n) is 5.95. The van der Waals surface area contributed by atoms with Crippen LogP contribution in [0.25, 0.3) is 0 Å². The number of anilines is 1. The molecular formula is C26H36ClN3O5S. The van der Waals surface area contributed by atoms with Crippen molar-refractivity contribution in [2.75, 3.05) is 24.2 Å². The predicted molar refractivity (Wildman–Crippen MR) is 144 cm³/mol. The van der Waals surface area contributed by atoms with Gasteiger partial charge in [-0.3, -0.25) is 13.9 Å². The van der Waals surface area contributed by atoms with Crippen LogP contribution in [-0.2, 0) is 26.2 Å². The number of nitrogens with one attached hydrogen (secondary N) is 1. The summed E-state index contributed by atoms with van der Waals surface area (Å²) in [6, 6.07) is 13.1. The maximum atomic E-state index is 13.3. The van der Waals surface area contributed by atoms with Crippen LogP contribution in [0.2, 0.25) is 5.02 Å². The molecule has 0 aliphatic rings. The van der Waals surface area contributed by atoms with Gasteiger partial charge in [-0.25, -0.2) is 8.42 Å². The van der Waals surface area contributed by atoms with E-state index in [4.69, 9.17) is 16.3 Å². The largest absolute Gasteiger partial charge is 0.497 e. The second kappa shape index (κ2) is 13.5. The number of carbonyl (C=O) groups is 2. The molecule has 2 amide bonds. The van der Waals surface area contributed by atoms with Crippen molar-refractivity contribution >= 4 is 39.1 Å². The van der Waals surface area contributed by atoms with Gasteiger partial charge < -0.3 is 15.0 Å². The molecule has 0 heterocycles. The Bertz CT molecular complexity index is 1110. The second-order valence-corrected chi connectivity index (χ2v) is 11.1. The highest BCUT2D eigenvalue weighted by atomic mass is 35.5. The molecule has 0 aliphatic carbocycles. The van der Waals surface area contributed by atoms with Gasteiger partial charge in [0.25, 0.3) is 0 Å². The third-order valence-corrected chi connectivity index (χ3v) is 7.39. The standard InChI is InChI=1S/C26H36ClN3O5S/c1-6-19(2)28-26(32)20(3)29(18-21-9-15-24(35-4)16-10-21)25(31)8-7-17-30(36(5,33)34)23-13-11-22(27)12-14-23/h9-16,19-20H,6-8,17-18H2,1-5H3,(H,28,32)/t19-,20-/m0/s1. The zero-order chi connectivity index (χ0) is 26.9. The number of ether oxygens (including phenoxy) is 1. The summed E-state index contributed by atoms with van der Waals surface area (Å²) in [5.74, 6) is 0.231. The molecule has 0 aliphatic heterocycles. The molecule has 2 atom stereocenters. The molecule has 0 saturated heterocycles. The van der Waals surface area contributed by atoms with Crippen molar-refractivity contribution in [2.45, 2.75) is 58.7 Å². The van der Waals surface area contributed by atoms with Crippen LogP contribution in [0.1, 0.15) is 45.6 Å². The number of benzene rings is 2. The number of hydrogen-bond acceptors (Lipinski definition) is 5. The van der Waals surface area contributed by atoms with Crippen molar-refractivity contribution in [3.05, 3.63) is 59.1 Å². The maximum Gasteiger partial charge on any atom is 0.242 e. The Morgan fingerprint density at radius 3 is 2.19 bits per heavy atom. The summed E-state index contributed by atoms with van der Waals surface area (Å²) in [7, 11) is -1.98. The highest BCUT2D eigenvalue weighted by molar-refractivity contribution is 7.92. The molecule has 0 bridgehead atoms. The first-order valence-corrected chi connectivity index (χ1v) is 14.1. The van der Waals surface area contributed by atoms with Gasteiger partial charge in [0, 0.05) is 30.6 Å². The van der Waals surface area contributed by atoms with Gasteiger partial charge in [0.1, 0.15) is 11.8 Å². The minimum Gasteiger partial charge on any atom is -0.497 e. The van der Waals surface area contributed by atoms with Gasteiger partial charge in [0.15, 0.2) is 0 Å². The van der Waals surface area contributed by atoms with Gasteiger partial charge in [-0.05, 0) is 68.7 Å². The zero-order valence-corrected chi connectivity index (χ0v) is 23.1. The molecule has 10 heteroatoms. The Morgan fingerprint density at radius 2 is 1.67 bits per heavy atom. The molecule has 0 fully saturated rings. The van der Waals surface area contributed by atoms with E-state index in [0.29, 0.717) is 16.5 Å². The number of rotatable bonds is 13. The lowest BCUT2D eigenvalue weighted by atomic mass is 10.1. The summed E-state index contributed by atoms with van der Waals surface area (Å²) in [6.45, 7) is 5.96. The van der Waals surface area contributed by atoms with Crippen LogP contribution < -0.4 is 14.4 Å². The first-order chi connectivity index (χ1) is 17.0. The molecule has 8 nitrogen and oxygen atoms in total. The van der Waals surface area contributed by atoms with E-state index in [1.54, 1.807) is 50.4 Å². The van der Waals surface area contributed by atoms with Crippen LogP contribution in [0.3, 0.4) is 0 Å². The van der Waals surface area contributed by atoms with E-state index < -0.39 is 16.1 Å². The normalized spacial score (nSPS) is 12.9. The summed E-state index contributed by atoms with van der Waals surface area (Å²) in [5.41, 5.74) is 1.33. The van der Waals surface area contributed by atoms with Crippen LogP contribution in [0.15, 0.2) is 48.5 Å². The summed E-state index contributed by atoms with van der Waals surface area (Å²) in [4.78, 5) is 27.7. The molecule has 2 rings (SSSR count). The summed E-state index contributed by atoms with van der Waals surface area (Å²) in [6.07, 6.45) is 2.27. The molecular weight excluding hydrogens is 502 g/mol. The highest BCUT2D eigenvalue weighted by Crippen LogP contribution is 2.22. The predicted octanol–water partition coefficient (Wildman–Crippen LogP) is 4.23.